The minimum absolute atomic E-state index is 0. The Bertz CT molecular complexity index is 61.8. The van der Waals surface area contributed by atoms with Gasteiger partial charge in [0.05, 0.1) is 0 Å². The second-order valence-electron chi connectivity index (χ2n) is 1.09. The van der Waals surface area contributed by atoms with Crippen molar-refractivity contribution in [1.29, 1.82) is 0 Å². The van der Waals surface area contributed by atoms with Crippen LogP contribution in [0.5, 0.6) is 0 Å². The minimum Gasteiger partial charge on any atom is 0 e. The van der Waals surface area contributed by atoms with Crippen molar-refractivity contribution in [2.45, 2.75) is 0 Å². The number of hydrogen-bond acceptors (Lipinski definition) is 3. The van der Waals surface area contributed by atoms with Gasteiger partial charge in [0.1, 0.15) is 0 Å². The molecule has 0 aromatic heterocycles. The Kier molecular flexibility index (Phi) is 9.19. The van der Waals surface area contributed by atoms with Gasteiger partial charge in [-0.15, -0.1) is 0 Å². The van der Waals surface area contributed by atoms with E-state index >= 15 is 0 Å². The maximum Gasteiger partial charge on any atom is 0 e. The van der Waals surface area contributed by atoms with Crippen LogP contribution in [0.1, 0.15) is 0 Å². The molecule has 0 saturated heterocycles. The third-order valence-electron chi connectivity index (χ3n) is 0.731. The van der Waals surface area contributed by atoms with Crippen molar-refractivity contribution in [1.82, 2.24) is 0 Å². The summed E-state index contributed by atoms with van der Waals surface area (Å²) in [4.78, 5) is 0. The van der Waals surface area contributed by atoms with E-state index in [1.807, 2.05) is 22.0 Å². The van der Waals surface area contributed by atoms with Gasteiger partial charge >= 0.3 is 62.5 Å². The van der Waals surface area contributed by atoms with E-state index in [9.17, 15) is 0 Å². The Labute approximate surface area is 79.4 Å². The normalized spacial score (nSPS) is 12.4. The van der Waals surface area contributed by atoms with Crippen LogP contribution in [0.2, 0.25) is 0 Å². The molecule has 9 heavy (non-hydrogen) atoms. The van der Waals surface area contributed by atoms with Gasteiger partial charge in [0.2, 0.25) is 0 Å². The fourth-order valence-corrected chi connectivity index (χ4v) is 0.750. The maximum absolute atomic E-state index is 4.92. The summed E-state index contributed by atoms with van der Waals surface area (Å²) in [5.74, 6) is 0. The predicted octanol–water partition coefficient (Wildman–Crippen LogP) is 1.77. The molecule has 0 fully saturated rings. The van der Waals surface area contributed by atoms with E-state index in [0.717, 1.165) is 0 Å². The van der Waals surface area contributed by atoms with Crippen molar-refractivity contribution in [3.63, 3.8) is 0 Å². The van der Waals surface area contributed by atoms with Crippen LogP contribution in [0, 0.1) is 0 Å². The third kappa shape index (κ3) is 4.90. The standard InChI is InChI=1S/C3H10IO3P.Cu/c1-5-8(4,6-2)7-3;/h8H,1-3H3;. The van der Waals surface area contributed by atoms with Gasteiger partial charge < -0.3 is 0 Å². The third-order valence-corrected chi connectivity index (χ3v) is 6.16. The number of hydrogen-bond donors (Lipinski definition) is 0. The molecule has 0 spiro atoms. The summed E-state index contributed by atoms with van der Waals surface area (Å²) in [5.41, 5.74) is -2.20. The van der Waals surface area contributed by atoms with E-state index in [2.05, 4.69) is 0 Å². The molecule has 63 valence electrons. The molecule has 0 aromatic rings. The zero-order valence-electron chi connectivity index (χ0n) is 5.40. The van der Waals surface area contributed by atoms with Crippen LogP contribution in [0.3, 0.4) is 0 Å². The van der Waals surface area contributed by atoms with Crippen LogP contribution >= 0.6 is 27.6 Å². The van der Waals surface area contributed by atoms with Gasteiger partial charge in [-0.1, -0.05) is 0 Å². The van der Waals surface area contributed by atoms with Crippen LogP contribution in [0.15, 0.2) is 0 Å². The van der Waals surface area contributed by atoms with Gasteiger partial charge in [0, 0.05) is 17.1 Å². The van der Waals surface area contributed by atoms with E-state index < -0.39 is 5.59 Å². The molecule has 0 N–H and O–H groups in total. The first-order valence-electron chi connectivity index (χ1n) is 2.03. The molecule has 0 aromatic carbocycles. The van der Waals surface area contributed by atoms with Crippen LogP contribution in [0.4, 0.5) is 0 Å². The van der Waals surface area contributed by atoms with Gasteiger partial charge in [0.15, 0.2) is 0 Å². The Hall–Kier alpha value is 1.56. The summed E-state index contributed by atoms with van der Waals surface area (Å²) in [6.07, 6.45) is 0. The fraction of sp³-hybridized carbons (Fsp3) is 1.00. The first-order valence-corrected chi connectivity index (χ1v) is 6.87. The molecule has 0 amide bonds. The summed E-state index contributed by atoms with van der Waals surface area (Å²) < 4.78 is 14.8. The van der Waals surface area contributed by atoms with E-state index in [-0.39, 0.29) is 17.1 Å². The predicted molar refractivity (Wildman–Crippen MR) is 43.4 cm³/mol. The molecule has 0 atom stereocenters. The van der Waals surface area contributed by atoms with E-state index in [1.54, 1.807) is 21.3 Å². The van der Waals surface area contributed by atoms with E-state index in [1.165, 1.54) is 0 Å². The molecule has 0 aliphatic rings. The summed E-state index contributed by atoms with van der Waals surface area (Å²) in [5, 5.41) is 0. The van der Waals surface area contributed by atoms with Crippen LogP contribution in [0.25, 0.3) is 0 Å². The SMILES string of the molecule is CO[PH](I)(OC)OC.[Cu]. The summed E-state index contributed by atoms with van der Waals surface area (Å²) in [6, 6.07) is 0. The van der Waals surface area contributed by atoms with Gasteiger partial charge in [-0.2, -0.15) is 0 Å². The minimum atomic E-state index is -2.20. The summed E-state index contributed by atoms with van der Waals surface area (Å²) in [7, 11) is 4.73. The van der Waals surface area contributed by atoms with Crippen molar-refractivity contribution in [3.05, 3.63) is 0 Å². The smallest absolute Gasteiger partial charge is 0 e. The van der Waals surface area contributed by atoms with Gasteiger partial charge in [0.25, 0.3) is 0 Å². The largest absolute Gasteiger partial charge is 0 e. The molecule has 0 bridgehead atoms. The van der Waals surface area contributed by atoms with E-state index in [0.29, 0.717) is 0 Å². The molecule has 0 saturated carbocycles. The molecule has 0 aliphatic heterocycles. The Balaban J connectivity index is 0. The molecular formula is C3H10CuIO3P. The maximum atomic E-state index is 4.92. The Morgan fingerprint density at radius 3 is 1.22 bits per heavy atom. The number of rotatable bonds is 3. The second kappa shape index (κ2) is 6.28. The van der Waals surface area contributed by atoms with Crippen molar-refractivity contribution < 1.29 is 30.6 Å². The molecule has 0 rings (SSSR count). The Morgan fingerprint density at radius 1 is 1.00 bits per heavy atom. The second-order valence-corrected chi connectivity index (χ2v) is 7.25. The van der Waals surface area contributed by atoms with Crippen LogP contribution < -0.4 is 0 Å². The molecular weight excluding hydrogens is 305 g/mol. The Morgan fingerprint density at radius 2 is 1.22 bits per heavy atom. The number of halogens is 1. The van der Waals surface area contributed by atoms with Gasteiger partial charge in [-0.3, -0.25) is 0 Å². The molecule has 0 aliphatic carbocycles. The van der Waals surface area contributed by atoms with Crippen LogP contribution in [-0.4, -0.2) is 21.3 Å². The van der Waals surface area contributed by atoms with Crippen molar-refractivity contribution in [3.8, 4) is 0 Å². The average molecular weight is 316 g/mol. The van der Waals surface area contributed by atoms with Gasteiger partial charge in [-0.05, 0) is 0 Å². The topological polar surface area (TPSA) is 27.7 Å². The fourth-order valence-electron chi connectivity index (χ4n) is 0.250. The quantitative estimate of drug-likeness (QED) is 0.451. The summed E-state index contributed by atoms with van der Waals surface area (Å²) in [6.45, 7) is 0. The first kappa shape index (κ1) is 13.2. The van der Waals surface area contributed by atoms with Crippen molar-refractivity contribution >= 4 is 27.6 Å². The van der Waals surface area contributed by atoms with Crippen molar-refractivity contribution in [2.24, 2.45) is 0 Å². The molecule has 1 radical (unpaired) electrons. The monoisotopic (exact) mass is 315 g/mol. The molecule has 6 heteroatoms. The molecule has 0 heterocycles. The van der Waals surface area contributed by atoms with Crippen LogP contribution in [-0.2, 0) is 30.6 Å². The van der Waals surface area contributed by atoms with Crippen molar-refractivity contribution in [2.75, 3.05) is 21.3 Å². The molecule has 0 unspecified atom stereocenters. The zero-order chi connectivity index (χ0) is 6.62. The average Bonchev–Trinajstić information content (AvgIpc) is 1.87. The van der Waals surface area contributed by atoms with E-state index in [4.69, 9.17) is 13.6 Å². The molecule has 3 nitrogen and oxygen atoms in total. The summed E-state index contributed by atoms with van der Waals surface area (Å²) >= 11 is 2.04. The first-order chi connectivity index (χ1) is 3.68. The zero-order valence-corrected chi connectivity index (χ0v) is 9.50. The van der Waals surface area contributed by atoms with Gasteiger partial charge in [-0.25, -0.2) is 0 Å².